The SMILES string of the molecule is Fc1ccccc1CCNc1nccc(NCc2ccccc2Cl)n1. The van der Waals surface area contributed by atoms with Crippen molar-refractivity contribution in [1.82, 2.24) is 9.97 Å². The Morgan fingerprint density at radius 3 is 2.48 bits per heavy atom. The maximum Gasteiger partial charge on any atom is 0.224 e. The molecule has 0 radical (unpaired) electrons. The molecule has 25 heavy (non-hydrogen) atoms. The molecular weight excluding hydrogens is 339 g/mol. The maximum atomic E-state index is 13.6. The van der Waals surface area contributed by atoms with Gasteiger partial charge in [0.1, 0.15) is 11.6 Å². The van der Waals surface area contributed by atoms with E-state index in [2.05, 4.69) is 20.6 Å². The Hall–Kier alpha value is -2.66. The molecule has 0 spiro atoms. The van der Waals surface area contributed by atoms with Gasteiger partial charge >= 0.3 is 0 Å². The smallest absolute Gasteiger partial charge is 0.224 e. The van der Waals surface area contributed by atoms with Crippen LogP contribution in [0.3, 0.4) is 0 Å². The van der Waals surface area contributed by atoms with Gasteiger partial charge in [-0.05, 0) is 35.7 Å². The molecular formula is C19H18ClFN4. The molecule has 2 N–H and O–H groups in total. The number of rotatable bonds is 7. The van der Waals surface area contributed by atoms with Gasteiger partial charge in [0, 0.05) is 24.3 Å². The zero-order chi connectivity index (χ0) is 17.5. The summed E-state index contributed by atoms with van der Waals surface area (Å²) in [5.74, 6) is 1.00. The monoisotopic (exact) mass is 356 g/mol. The third kappa shape index (κ3) is 4.90. The molecule has 128 valence electrons. The first-order valence-electron chi connectivity index (χ1n) is 8.00. The highest BCUT2D eigenvalue weighted by Gasteiger charge is 2.03. The number of hydrogen-bond acceptors (Lipinski definition) is 4. The van der Waals surface area contributed by atoms with Crippen LogP contribution in [0.1, 0.15) is 11.1 Å². The van der Waals surface area contributed by atoms with E-state index >= 15 is 0 Å². The van der Waals surface area contributed by atoms with Gasteiger partial charge in [-0.3, -0.25) is 0 Å². The van der Waals surface area contributed by atoms with E-state index in [1.54, 1.807) is 24.4 Å². The summed E-state index contributed by atoms with van der Waals surface area (Å²) in [5.41, 5.74) is 1.67. The Bertz CT molecular complexity index is 841. The topological polar surface area (TPSA) is 49.8 Å². The Labute approximate surface area is 151 Å². The molecule has 1 heterocycles. The van der Waals surface area contributed by atoms with Crippen molar-refractivity contribution in [2.24, 2.45) is 0 Å². The van der Waals surface area contributed by atoms with Crippen molar-refractivity contribution in [3.63, 3.8) is 0 Å². The molecule has 6 heteroatoms. The van der Waals surface area contributed by atoms with Crippen molar-refractivity contribution >= 4 is 23.4 Å². The summed E-state index contributed by atoms with van der Waals surface area (Å²) in [5, 5.41) is 7.05. The molecule has 0 fully saturated rings. The Morgan fingerprint density at radius 2 is 1.68 bits per heavy atom. The number of halogens is 2. The zero-order valence-corrected chi connectivity index (χ0v) is 14.3. The summed E-state index contributed by atoms with van der Waals surface area (Å²) >= 11 is 6.15. The van der Waals surface area contributed by atoms with E-state index in [9.17, 15) is 4.39 Å². The molecule has 0 amide bonds. The molecule has 0 bridgehead atoms. The fourth-order valence-electron chi connectivity index (χ4n) is 2.38. The Kier molecular flexibility index (Phi) is 5.80. The van der Waals surface area contributed by atoms with Crippen molar-refractivity contribution in [2.45, 2.75) is 13.0 Å². The lowest BCUT2D eigenvalue weighted by molar-refractivity contribution is 0.610. The average molecular weight is 357 g/mol. The van der Waals surface area contributed by atoms with Crippen LogP contribution in [0.25, 0.3) is 0 Å². The van der Waals surface area contributed by atoms with Gasteiger partial charge in [-0.15, -0.1) is 0 Å². The lowest BCUT2D eigenvalue weighted by Crippen LogP contribution is -2.10. The second-order valence-corrected chi connectivity index (χ2v) is 5.89. The van der Waals surface area contributed by atoms with Crippen molar-refractivity contribution in [1.29, 1.82) is 0 Å². The zero-order valence-electron chi connectivity index (χ0n) is 13.5. The van der Waals surface area contributed by atoms with E-state index in [-0.39, 0.29) is 5.82 Å². The van der Waals surface area contributed by atoms with Crippen molar-refractivity contribution in [3.8, 4) is 0 Å². The first-order valence-corrected chi connectivity index (χ1v) is 8.38. The van der Waals surface area contributed by atoms with Crippen LogP contribution in [-0.2, 0) is 13.0 Å². The van der Waals surface area contributed by atoms with Gasteiger partial charge in [-0.1, -0.05) is 48.0 Å². The van der Waals surface area contributed by atoms with Crippen LogP contribution in [0, 0.1) is 5.82 Å². The maximum absolute atomic E-state index is 13.6. The number of aromatic nitrogens is 2. The van der Waals surface area contributed by atoms with Gasteiger partial charge < -0.3 is 10.6 Å². The van der Waals surface area contributed by atoms with E-state index in [1.807, 2.05) is 30.3 Å². The van der Waals surface area contributed by atoms with Crippen molar-refractivity contribution in [2.75, 3.05) is 17.2 Å². The molecule has 2 aromatic carbocycles. The number of nitrogens with zero attached hydrogens (tertiary/aromatic N) is 2. The van der Waals surface area contributed by atoms with Crippen molar-refractivity contribution < 1.29 is 4.39 Å². The Balaban J connectivity index is 1.54. The molecule has 0 aliphatic heterocycles. The Morgan fingerprint density at radius 1 is 0.920 bits per heavy atom. The minimum Gasteiger partial charge on any atom is -0.366 e. The highest BCUT2D eigenvalue weighted by Crippen LogP contribution is 2.16. The average Bonchev–Trinajstić information content (AvgIpc) is 2.63. The largest absolute Gasteiger partial charge is 0.366 e. The lowest BCUT2D eigenvalue weighted by atomic mass is 10.1. The molecule has 0 aliphatic carbocycles. The molecule has 3 aromatic rings. The first kappa shape index (κ1) is 17.2. The summed E-state index contributed by atoms with van der Waals surface area (Å²) in [4.78, 5) is 8.58. The third-order valence-corrected chi connectivity index (χ3v) is 4.08. The normalized spacial score (nSPS) is 10.5. The molecule has 0 atom stereocenters. The predicted molar refractivity (Wildman–Crippen MR) is 99.4 cm³/mol. The molecule has 4 nitrogen and oxygen atoms in total. The standard InChI is InChI=1S/C19H18ClFN4/c20-16-7-3-1-6-15(16)13-24-18-10-12-23-19(25-18)22-11-9-14-5-2-4-8-17(14)21/h1-8,10,12H,9,11,13H2,(H2,22,23,24,25). The minimum absolute atomic E-state index is 0.194. The number of anilines is 2. The number of benzene rings is 2. The third-order valence-electron chi connectivity index (χ3n) is 3.71. The molecule has 0 unspecified atom stereocenters. The van der Waals surface area contributed by atoms with E-state index in [4.69, 9.17) is 11.6 Å². The molecule has 0 saturated heterocycles. The van der Waals surface area contributed by atoms with Crippen LogP contribution < -0.4 is 10.6 Å². The molecule has 0 saturated carbocycles. The van der Waals surface area contributed by atoms with Gasteiger partial charge in [0.05, 0.1) is 0 Å². The highest BCUT2D eigenvalue weighted by atomic mass is 35.5. The number of nitrogens with one attached hydrogen (secondary N) is 2. The van der Waals surface area contributed by atoms with Gasteiger partial charge in [-0.25, -0.2) is 9.37 Å². The predicted octanol–water partition coefficient (Wildman–Crippen LogP) is 4.54. The summed E-state index contributed by atoms with van der Waals surface area (Å²) in [6.45, 7) is 1.13. The van der Waals surface area contributed by atoms with E-state index < -0.39 is 0 Å². The van der Waals surface area contributed by atoms with E-state index in [0.29, 0.717) is 41.9 Å². The lowest BCUT2D eigenvalue weighted by Gasteiger charge is -2.09. The fourth-order valence-corrected chi connectivity index (χ4v) is 2.58. The van der Waals surface area contributed by atoms with Gasteiger partial charge in [0.15, 0.2) is 0 Å². The summed E-state index contributed by atoms with van der Waals surface area (Å²) in [7, 11) is 0. The van der Waals surface area contributed by atoms with E-state index in [0.717, 1.165) is 5.56 Å². The van der Waals surface area contributed by atoms with Gasteiger partial charge in [0.25, 0.3) is 0 Å². The molecule has 1 aromatic heterocycles. The first-order chi connectivity index (χ1) is 12.2. The summed E-state index contributed by atoms with van der Waals surface area (Å²) in [6, 6.07) is 16.2. The minimum atomic E-state index is -0.194. The number of hydrogen-bond donors (Lipinski definition) is 2. The van der Waals surface area contributed by atoms with Crippen LogP contribution in [0.4, 0.5) is 16.2 Å². The van der Waals surface area contributed by atoms with Crippen LogP contribution in [0.15, 0.2) is 60.8 Å². The van der Waals surface area contributed by atoms with Gasteiger partial charge in [-0.2, -0.15) is 4.98 Å². The van der Waals surface area contributed by atoms with Gasteiger partial charge in [0.2, 0.25) is 5.95 Å². The van der Waals surface area contributed by atoms with Crippen LogP contribution in [0.5, 0.6) is 0 Å². The van der Waals surface area contributed by atoms with Crippen molar-refractivity contribution in [3.05, 3.63) is 82.8 Å². The highest BCUT2D eigenvalue weighted by molar-refractivity contribution is 6.31. The van der Waals surface area contributed by atoms with Crippen LogP contribution >= 0.6 is 11.6 Å². The van der Waals surface area contributed by atoms with E-state index in [1.165, 1.54) is 6.07 Å². The fraction of sp³-hybridized carbons (Fsp3) is 0.158. The summed E-state index contributed by atoms with van der Waals surface area (Å²) in [6.07, 6.45) is 2.24. The second-order valence-electron chi connectivity index (χ2n) is 5.48. The molecule has 0 aliphatic rings. The second kappa shape index (κ2) is 8.44. The summed E-state index contributed by atoms with van der Waals surface area (Å²) < 4.78 is 13.6. The van der Waals surface area contributed by atoms with Crippen LogP contribution in [0.2, 0.25) is 5.02 Å². The van der Waals surface area contributed by atoms with Crippen LogP contribution in [-0.4, -0.2) is 16.5 Å². The molecule has 3 rings (SSSR count). The quantitative estimate of drug-likeness (QED) is 0.652.